The number of anilines is 1. The van der Waals surface area contributed by atoms with Crippen LogP contribution >= 0.6 is 0 Å². The molecule has 0 radical (unpaired) electrons. The highest BCUT2D eigenvalue weighted by Gasteiger charge is 2.22. The molecular formula is C14H19F2NO5S2. The summed E-state index contributed by atoms with van der Waals surface area (Å²) in [6, 6.07) is 1.85. The first-order valence-corrected chi connectivity index (χ1v) is 10.3. The topological polar surface area (TPSA) is 89.5 Å². The minimum absolute atomic E-state index is 0.0344. The number of sulfone groups is 1. The molecule has 0 aliphatic rings. The Hall–Kier alpha value is -1.55. The highest BCUT2D eigenvalue weighted by molar-refractivity contribution is 7.91. The van der Waals surface area contributed by atoms with Gasteiger partial charge >= 0.3 is 5.97 Å². The molecule has 0 heterocycles. The van der Waals surface area contributed by atoms with Gasteiger partial charge in [0.25, 0.3) is 0 Å². The summed E-state index contributed by atoms with van der Waals surface area (Å²) in [5.74, 6) is -3.59. The van der Waals surface area contributed by atoms with Crippen LogP contribution < -0.4 is 4.72 Å². The summed E-state index contributed by atoms with van der Waals surface area (Å²) >= 11 is 0. The van der Waals surface area contributed by atoms with Gasteiger partial charge in [0.1, 0.15) is 32.2 Å². The van der Waals surface area contributed by atoms with E-state index < -0.39 is 44.0 Å². The fourth-order valence-corrected chi connectivity index (χ4v) is 4.42. The molecule has 0 aliphatic carbocycles. The summed E-state index contributed by atoms with van der Waals surface area (Å²) < 4.78 is 69.2. The van der Waals surface area contributed by atoms with Crippen molar-refractivity contribution in [1.29, 1.82) is 0 Å². The SMILES string of the molecule is CCCS(=O)(=O)CCCS(=O)Nc1ccc(F)c(C(=O)OC)c1F. The van der Waals surface area contributed by atoms with E-state index in [0.717, 1.165) is 19.2 Å². The number of carbonyl (C=O) groups excluding carboxylic acids is 1. The Labute approximate surface area is 142 Å². The highest BCUT2D eigenvalue weighted by Crippen LogP contribution is 2.22. The molecule has 10 heteroatoms. The van der Waals surface area contributed by atoms with Gasteiger partial charge in [0, 0.05) is 11.5 Å². The fraction of sp³-hybridized carbons (Fsp3) is 0.500. The van der Waals surface area contributed by atoms with Gasteiger partial charge in [-0.3, -0.25) is 0 Å². The Morgan fingerprint density at radius 1 is 1.29 bits per heavy atom. The number of nitrogens with one attached hydrogen (secondary N) is 1. The van der Waals surface area contributed by atoms with Crippen LogP contribution in [-0.2, 0) is 25.6 Å². The summed E-state index contributed by atoms with van der Waals surface area (Å²) in [5, 5.41) is 0. The molecule has 0 bridgehead atoms. The Bertz CT molecular complexity index is 722. The van der Waals surface area contributed by atoms with Gasteiger partial charge in [0.2, 0.25) is 0 Å². The number of methoxy groups -OCH3 is 1. The lowest BCUT2D eigenvalue weighted by atomic mass is 10.2. The fourth-order valence-electron chi connectivity index (χ4n) is 1.92. The van der Waals surface area contributed by atoms with Crippen LogP contribution in [0.2, 0.25) is 0 Å². The molecule has 0 spiro atoms. The zero-order chi connectivity index (χ0) is 18.3. The molecule has 0 saturated carbocycles. The second-order valence-corrected chi connectivity index (χ2v) is 8.54. The van der Waals surface area contributed by atoms with E-state index in [2.05, 4.69) is 9.46 Å². The van der Waals surface area contributed by atoms with Crippen LogP contribution in [0.3, 0.4) is 0 Å². The number of rotatable bonds is 9. The minimum Gasteiger partial charge on any atom is -0.465 e. The molecule has 24 heavy (non-hydrogen) atoms. The number of hydrogen-bond acceptors (Lipinski definition) is 5. The maximum absolute atomic E-state index is 14.1. The molecule has 1 unspecified atom stereocenters. The van der Waals surface area contributed by atoms with Crippen molar-refractivity contribution in [3.63, 3.8) is 0 Å². The lowest BCUT2D eigenvalue weighted by Crippen LogP contribution is -2.17. The molecule has 0 amide bonds. The van der Waals surface area contributed by atoms with E-state index in [4.69, 9.17) is 0 Å². The van der Waals surface area contributed by atoms with Crippen molar-refractivity contribution >= 4 is 32.5 Å². The highest BCUT2D eigenvalue weighted by atomic mass is 32.2. The van der Waals surface area contributed by atoms with Gasteiger partial charge in [0.15, 0.2) is 5.82 Å². The monoisotopic (exact) mass is 383 g/mol. The van der Waals surface area contributed by atoms with Crippen LogP contribution in [0.5, 0.6) is 0 Å². The standard InChI is InChI=1S/C14H19F2NO5S2/c1-3-8-24(20,21)9-4-7-23(19)17-11-6-5-10(15)12(13(11)16)14(18)22-2/h5-6,17H,3-4,7-9H2,1-2H3. The van der Waals surface area contributed by atoms with Gasteiger partial charge in [-0.05, 0) is 25.0 Å². The summed E-state index contributed by atoms with van der Waals surface area (Å²) in [4.78, 5) is 11.4. The van der Waals surface area contributed by atoms with Gasteiger partial charge in [-0.15, -0.1) is 0 Å². The molecule has 1 aromatic carbocycles. The second kappa shape index (κ2) is 9.07. The summed E-state index contributed by atoms with van der Waals surface area (Å²) in [6.07, 6.45) is 0.634. The molecular weight excluding hydrogens is 364 g/mol. The zero-order valence-electron chi connectivity index (χ0n) is 13.3. The summed E-state index contributed by atoms with van der Waals surface area (Å²) in [5.41, 5.74) is -1.21. The first-order valence-electron chi connectivity index (χ1n) is 7.13. The van der Waals surface area contributed by atoms with E-state index in [1.807, 2.05) is 0 Å². The summed E-state index contributed by atoms with van der Waals surface area (Å²) in [7, 11) is -3.98. The first kappa shape index (κ1) is 20.5. The number of carbonyl (C=O) groups is 1. The molecule has 0 aromatic heterocycles. The number of hydrogen-bond donors (Lipinski definition) is 1. The predicted octanol–water partition coefficient (Wildman–Crippen LogP) is 2.04. The quantitative estimate of drug-likeness (QED) is 0.659. The van der Waals surface area contributed by atoms with Crippen molar-refractivity contribution in [1.82, 2.24) is 0 Å². The largest absolute Gasteiger partial charge is 0.465 e. The lowest BCUT2D eigenvalue weighted by Gasteiger charge is -2.10. The van der Waals surface area contributed by atoms with E-state index in [1.165, 1.54) is 0 Å². The van der Waals surface area contributed by atoms with E-state index in [0.29, 0.717) is 6.42 Å². The van der Waals surface area contributed by atoms with Crippen LogP contribution in [0.1, 0.15) is 30.1 Å². The lowest BCUT2D eigenvalue weighted by molar-refractivity contribution is 0.0590. The minimum atomic E-state index is -3.18. The maximum Gasteiger partial charge on any atom is 0.343 e. The van der Waals surface area contributed by atoms with Crippen LogP contribution in [0.4, 0.5) is 14.5 Å². The third-order valence-electron chi connectivity index (χ3n) is 3.00. The number of benzene rings is 1. The van der Waals surface area contributed by atoms with Crippen molar-refractivity contribution in [2.24, 2.45) is 0 Å². The summed E-state index contributed by atoms with van der Waals surface area (Å²) in [6.45, 7) is 1.74. The molecule has 0 saturated heterocycles. The average Bonchev–Trinajstić information content (AvgIpc) is 2.49. The molecule has 0 fully saturated rings. The van der Waals surface area contributed by atoms with Gasteiger partial charge in [0.05, 0.1) is 18.6 Å². The van der Waals surface area contributed by atoms with Crippen LogP contribution in [0, 0.1) is 11.6 Å². The number of esters is 1. The van der Waals surface area contributed by atoms with E-state index in [9.17, 15) is 26.2 Å². The van der Waals surface area contributed by atoms with Crippen molar-refractivity contribution in [3.05, 3.63) is 29.3 Å². The first-order chi connectivity index (χ1) is 11.2. The third-order valence-corrected chi connectivity index (χ3v) is 6.05. The Morgan fingerprint density at radius 3 is 2.54 bits per heavy atom. The van der Waals surface area contributed by atoms with Crippen molar-refractivity contribution in [2.75, 3.05) is 29.1 Å². The Kier molecular flexibility index (Phi) is 7.74. The third kappa shape index (κ3) is 5.82. The van der Waals surface area contributed by atoms with Crippen molar-refractivity contribution < 1.29 is 30.9 Å². The zero-order valence-corrected chi connectivity index (χ0v) is 14.9. The van der Waals surface area contributed by atoms with Crippen LogP contribution in [0.25, 0.3) is 0 Å². The molecule has 6 nitrogen and oxygen atoms in total. The number of halogens is 2. The van der Waals surface area contributed by atoms with E-state index in [-0.39, 0.29) is 29.4 Å². The molecule has 0 aliphatic heterocycles. The molecule has 136 valence electrons. The molecule has 1 N–H and O–H groups in total. The van der Waals surface area contributed by atoms with Crippen LogP contribution in [0.15, 0.2) is 12.1 Å². The molecule has 1 aromatic rings. The Balaban J connectivity index is 2.73. The van der Waals surface area contributed by atoms with Crippen molar-refractivity contribution in [2.45, 2.75) is 19.8 Å². The maximum atomic E-state index is 14.1. The van der Waals surface area contributed by atoms with Gasteiger partial charge in [-0.2, -0.15) is 0 Å². The Morgan fingerprint density at radius 2 is 1.96 bits per heavy atom. The predicted molar refractivity (Wildman–Crippen MR) is 87.9 cm³/mol. The molecule has 1 atom stereocenters. The van der Waals surface area contributed by atoms with Crippen molar-refractivity contribution in [3.8, 4) is 0 Å². The smallest absolute Gasteiger partial charge is 0.343 e. The average molecular weight is 383 g/mol. The van der Waals surface area contributed by atoms with E-state index >= 15 is 0 Å². The van der Waals surface area contributed by atoms with Gasteiger partial charge in [-0.1, -0.05) is 6.92 Å². The number of ether oxygens (including phenoxy) is 1. The molecule has 1 rings (SSSR count). The van der Waals surface area contributed by atoms with E-state index in [1.54, 1.807) is 6.92 Å². The van der Waals surface area contributed by atoms with Gasteiger partial charge in [-0.25, -0.2) is 26.2 Å². The normalized spacial score (nSPS) is 12.7. The second-order valence-electron chi connectivity index (χ2n) is 4.93. The van der Waals surface area contributed by atoms with Gasteiger partial charge < -0.3 is 9.46 Å². The van der Waals surface area contributed by atoms with Crippen LogP contribution in [-0.4, -0.2) is 43.0 Å².